The smallest absolute Gasteiger partial charge is 0.323 e. The van der Waals surface area contributed by atoms with Gasteiger partial charge in [0.05, 0.1) is 6.61 Å². The van der Waals surface area contributed by atoms with Crippen LogP contribution in [0.3, 0.4) is 0 Å². The van der Waals surface area contributed by atoms with Gasteiger partial charge in [-0.2, -0.15) is 20.1 Å². The van der Waals surface area contributed by atoms with E-state index in [-0.39, 0.29) is 12.0 Å². The molecule has 19 heavy (non-hydrogen) atoms. The van der Waals surface area contributed by atoms with E-state index < -0.39 is 0 Å². The van der Waals surface area contributed by atoms with Crippen molar-refractivity contribution in [3.05, 3.63) is 18.0 Å². The Morgan fingerprint density at radius 2 is 2.21 bits per heavy atom. The van der Waals surface area contributed by atoms with E-state index in [2.05, 4.69) is 25.4 Å². The highest BCUT2D eigenvalue weighted by Crippen LogP contribution is 2.08. The Kier molecular flexibility index (Phi) is 4.11. The normalized spacial score (nSPS) is 10.4. The predicted molar refractivity (Wildman–Crippen MR) is 70.8 cm³/mol. The van der Waals surface area contributed by atoms with Crippen molar-refractivity contribution < 1.29 is 4.74 Å². The number of aromatic nitrogens is 5. The molecule has 0 saturated heterocycles. The third kappa shape index (κ3) is 3.54. The van der Waals surface area contributed by atoms with Gasteiger partial charge in [-0.25, -0.2) is 0 Å². The monoisotopic (exact) mass is 263 g/mol. The number of nitrogen functional groups attached to an aromatic ring is 1. The summed E-state index contributed by atoms with van der Waals surface area (Å²) in [5.74, 6) is 0.555. The van der Waals surface area contributed by atoms with Crippen LogP contribution >= 0.6 is 0 Å². The summed E-state index contributed by atoms with van der Waals surface area (Å²) in [5.41, 5.74) is 6.71. The summed E-state index contributed by atoms with van der Waals surface area (Å²) in [6, 6.07) is 2.20. The van der Waals surface area contributed by atoms with Crippen LogP contribution in [-0.4, -0.2) is 37.9 Å². The average Bonchev–Trinajstić information content (AvgIpc) is 2.75. The molecule has 2 rings (SSSR count). The van der Waals surface area contributed by atoms with Crippen molar-refractivity contribution in [3.8, 4) is 6.01 Å². The Morgan fingerprint density at radius 3 is 2.89 bits per heavy atom. The third-order valence-electron chi connectivity index (χ3n) is 2.49. The van der Waals surface area contributed by atoms with Crippen LogP contribution in [0.25, 0.3) is 0 Å². The second-order valence-corrected chi connectivity index (χ2v) is 3.86. The Bertz CT molecular complexity index is 540. The molecule has 0 fully saturated rings. The lowest BCUT2D eigenvalue weighted by Crippen LogP contribution is -2.12. The maximum Gasteiger partial charge on any atom is 0.323 e. The summed E-state index contributed by atoms with van der Waals surface area (Å²) < 4.78 is 7.03. The number of ether oxygens (including phenoxy) is 1. The summed E-state index contributed by atoms with van der Waals surface area (Å²) in [4.78, 5) is 12.0. The lowest BCUT2D eigenvalue weighted by Gasteiger charge is -2.07. The molecule has 8 nitrogen and oxygen atoms in total. The second kappa shape index (κ2) is 5.98. The first-order valence-electron chi connectivity index (χ1n) is 6.04. The number of nitrogens with two attached hydrogens (primary N) is 1. The number of aryl methyl sites for hydroxylation is 1. The summed E-state index contributed by atoms with van der Waals surface area (Å²) in [6.45, 7) is 3.02. The molecule has 2 aromatic heterocycles. The van der Waals surface area contributed by atoms with Crippen molar-refractivity contribution in [3.63, 3.8) is 0 Å². The highest BCUT2D eigenvalue weighted by atomic mass is 16.5. The first kappa shape index (κ1) is 13.1. The van der Waals surface area contributed by atoms with Gasteiger partial charge in [0.1, 0.15) is 0 Å². The Labute approximate surface area is 111 Å². The van der Waals surface area contributed by atoms with Gasteiger partial charge in [-0.3, -0.25) is 4.68 Å². The van der Waals surface area contributed by atoms with E-state index in [1.54, 1.807) is 6.20 Å². The molecule has 3 N–H and O–H groups in total. The fourth-order valence-corrected chi connectivity index (χ4v) is 1.59. The second-order valence-electron chi connectivity index (χ2n) is 3.86. The van der Waals surface area contributed by atoms with E-state index >= 15 is 0 Å². The first-order chi connectivity index (χ1) is 9.19. The lowest BCUT2D eigenvalue weighted by atomic mass is 10.3. The zero-order valence-corrected chi connectivity index (χ0v) is 11.0. The van der Waals surface area contributed by atoms with Gasteiger partial charge in [-0.15, -0.1) is 0 Å². The molecule has 0 radical (unpaired) electrons. The van der Waals surface area contributed by atoms with E-state index in [0.29, 0.717) is 19.1 Å². The molecule has 2 heterocycles. The first-order valence-corrected chi connectivity index (χ1v) is 6.04. The van der Waals surface area contributed by atoms with Gasteiger partial charge in [0, 0.05) is 31.9 Å². The highest BCUT2D eigenvalue weighted by Gasteiger charge is 2.05. The largest absolute Gasteiger partial charge is 0.464 e. The van der Waals surface area contributed by atoms with Gasteiger partial charge in [0.25, 0.3) is 0 Å². The van der Waals surface area contributed by atoms with Gasteiger partial charge in [0.15, 0.2) is 0 Å². The highest BCUT2D eigenvalue weighted by molar-refractivity contribution is 5.32. The zero-order chi connectivity index (χ0) is 13.7. The van der Waals surface area contributed by atoms with Gasteiger partial charge in [-0.05, 0) is 13.0 Å². The molecular formula is C11H17N7O. The molecule has 0 atom stereocenters. The summed E-state index contributed by atoms with van der Waals surface area (Å²) in [5, 5.41) is 7.19. The van der Waals surface area contributed by atoms with E-state index in [1.807, 2.05) is 24.7 Å². The van der Waals surface area contributed by atoms with E-state index in [9.17, 15) is 0 Å². The Morgan fingerprint density at radius 1 is 1.37 bits per heavy atom. The average molecular weight is 263 g/mol. The quantitative estimate of drug-likeness (QED) is 0.769. The minimum atomic E-state index is 0.140. The fourth-order valence-electron chi connectivity index (χ4n) is 1.59. The maximum absolute atomic E-state index is 5.58. The standard InChI is InChI=1S/C11H17N7O/c1-3-19-11-16-9(12)15-10(17-11)13-6-4-8-5-7-14-18(8)2/h5,7H,3-4,6H2,1-2H3,(H3,12,13,15,16,17). The lowest BCUT2D eigenvalue weighted by molar-refractivity contribution is 0.312. The van der Waals surface area contributed by atoms with Crippen LogP contribution in [0.1, 0.15) is 12.6 Å². The van der Waals surface area contributed by atoms with E-state index in [4.69, 9.17) is 10.5 Å². The third-order valence-corrected chi connectivity index (χ3v) is 2.49. The molecule has 0 bridgehead atoms. The molecule has 0 saturated carbocycles. The van der Waals surface area contributed by atoms with Crippen LogP contribution < -0.4 is 15.8 Å². The predicted octanol–water partition coefficient (Wildman–Crippen LogP) is 0.241. The van der Waals surface area contributed by atoms with Crippen molar-refractivity contribution in [2.45, 2.75) is 13.3 Å². The van der Waals surface area contributed by atoms with Crippen molar-refractivity contribution in [1.29, 1.82) is 0 Å². The summed E-state index contributed by atoms with van der Waals surface area (Å²) in [6.07, 6.45) is 2.58. The summed E-state index contributed by atoms with van der Waals surface area (Å²) in [7, 11) is 1.91. The van der Waals surface area contributed by atoms with Crippen LogP contribution in [0.15, 0.2) is 12.3 Å². The number of anilines is 2. The van der Waals surface area contributed by atoms with Crippen LogP contribution in [0.2, 0.25) is 0 Å². The molecular weight excluding hydrogens is 246 g/mol. The molecule has 102 valence electrons. The van der Waals surface area contributed by atoms with Crippen LogP contribution in [0, 0.1) is 0 Å². The molecule has 0 aliphatic carbocycles. The molecule has 0 amide bonds. The summed E-state index contributed by atoms with van der Waals surface area (Å²) >= 11 is 0. The molecule has 0 aliphatic heterocycles. The maximum atomic E-state index is 5.58. The van der Waals surface area contributed by atoms with Gasteiger partial charge < -0.3 is 15.8 Å². The SMILES string of the molecule is CCOc1nc(N)nc(NCCc2ccnn2C)n1. The molecule has 8 heteroatoms. The number of hydrogen-bond donors (Lipinski definition) is 2. The molecule has 0 unspecified atom stereocenters. The molecule has 0 spiro atoms. The minimum Gasteiger partial charge on any atom is -0.464 e. The number of rotatable bonds is 6. The van der Waals surface area contributed by atoms with Crippen LogP contribution in [-0.2, 0) is 13.5 Å². The zero-order valence-electron chi connectivity index (χ0n) is 11.0. The van der Waals surface area contributed by atoms with Crippen molar-refractivity contribution in [2.24, 2.45) is 7.05 Å². The van der Waals surface area contributed by atoms with Crippen molar-refractivity contribution in [2.75, 3.05) is 24.2 Å². The number of hydrogen-bond acceptors (Lipinski definition) is 7. The van der Waals surface area contributed by atoms with E-state index in [1.165, 1.54) is 0 Å². The van der Waals surface area contributed by atoms with Crippen molar-refractivity contribution in [1.82, 2.24) is 24.7 Å². The molecule has 0 aliphatic rings. The minimum absolute atomic E-state index is 0.140. The Hall–Kier alpha value is -2.38. The molecule has 0 aromatic carbocycles. The van der Waals surface area contributed by atoms with Gasteiger partial charge >= 0.3 is 6.01 Å². The number of nitrogens with zero attached hydrogens (tertiary/aromatic N) is 5. The fraction of sp³-hybridized carbons (Fsp3) is 0.455. The van der Waals surface area contributed by atoms with E-state index in [0.717, 1.165) is 12.1 Å². The van der Waals surface area contributed by atoms with Crippen molar-refractivity contribution >= 4 is 11.9 Å². The Balaban J connectivity index is 1.94. The molecule has 2 aromatic rings. The van der Waals surface area contributed by atoms with Crippen LogP contribution in [0.5, 0.6) is 6.01 Å². The van der Waals surface area contributed by atoms with Gasteiger partial charge in [0.2, 0.25) is 11.9 Å². The van der Waals surface area contributed by atoms with Gasteiger partial charge in [-0.1, -0.05) is 0 Å². The topological polar surface area (TPSA) is 104 Å². The number of nitrogens with one attached hydrogen (secondary N) is 1. The van der Waals surface area contributed by atoms with Crippen LogP contribution in [0.4, 0.5) is 11.9 Å².